The molecule has 3 N–H and O–H groups in total. The Hall–Kier alpha value is -0.650. The Morgan fingerprint density at radius 1 is 1.33 bits per heavy atom. The van der Waals surface area contributed by atoms with Crippen LogP contribution in [0.2, 0.25) is 0 Å². The van der Waals surface area contributed by atoms with Gasteiger partial charge in [-0.3, -0.25) is 4.79 Å². The molecule has 2 unspecified atom stereocenters. The number of hydrogen-bond donors (Lipinski definition) is 3. The maximum Gasteiger partial charge on any atom is 0.222 e. The number of carbonyl (C=O) groups is 1. The molecule has 1 heterocycles. The quantitative estimate of drug-likeness (QED) is 0.561. The normalized spacial score (nSPS) is 24.3. The van der Waals surface area contributed by atoms with Gasteiger partial charge in [-0.05, 0) is 31.7 Å². The maximum atomic E-state index is 11.8. The molecular formula is C13H26N2O3. The van der Waals surface area contributed by atoms with E-state index >= 15 is 0 Å². The van der Waals surface area contributed by atoms with Crippen LogP contribution in [-0.2, 0) is 4.79 Å². The molecule has 0 aromatic rings. The molecule has 18 heavy (non-hydrogen) atoms. The molecule has 1 fully saturated rings. The Morgan fingerprint density at radius 3 is 2.72 bits per heavy atom. The van der Waals surface area contributed by atoms with Crippen molar-refractivity contribution in [1.29, 1.82) is 0 Å². The molecule has 1 saturated heterocycles. The van der Waals surface area contributed by atoms with Crippen LogP contribution < -0.4 is 5.32 Å². The second-order valence-electron chi connectivity index (χ2n) is 4.99. The third-order valence-electron chi connectivity index (χ3n) is 3.50. The van der Waals surface area contributed by atoms with Gasteiger partial charge in [0, 0.05) is 38.8 Å². The first-order valence-electron chi connectivity index (χ1n) is 6.94. The number of piperidine rings is 1. The lowest BCUT2D eigenvalue weighted by molar-refractivity contribution is -0.133. The summed E-state index contributed by atoms with van der Waals surface area (Å²) >= 11 is 0. The van der Waals surface area contributed by atoms with E-state index in [0.29, 0.717) is 12.3 Å². The van der Waals surface area contributed by atoms with Gasteiger partial charge in [0.05, 0.1) is 0 Å². The van der Waals surface area contributed by atoms with Crippen LogP contribution in [0.25, 0.3) is 0 Å². The molecule has 0 saturated carbocycles. The number of aliphatic hydroxyl groups is 2. The van der Waals surface area contributed by atoms with E-state index < -0.39 is 0 Å². The molecule has 1 amide bonds. The lowest BCUT2D eigenvalue weighted by atomic mass is 9.91. The first-order chi connectivity index (χ1) is 8.71. The molecule has 0 aromatic heterocycles. The number of carbonyl (C=O) groups excluding carboxylic acids is 1. The van der Waals surface area contributed by atoms with Crippen LogP contribution in [0.5, 0.6) is 0 Å². The van der Waals surface area contributed by atoms with Gasteiger partial charge >= 0.3 is 0 Å². The van der Waals surface area contributed by atoms with Crippen LogP contribution in [0.3, 0.4) is 0 Å². The molecular weight excluding hydrogens is 232 g/mol. The second kappa shape index (κ2) is 8.45. The van der Waals surface area contributed by atoms with Crippen LogP contribution in [-0.4, -0.2) is 59.9 Å². The van der Waals surface area contributed by atoms with E-state index in [1.807, 2.05) is 11.8 Å². The summed E-state index contributed by atoms with van der Waals surface area (Å²) in [5.74, 6) is 0.567. The topological polar surface area (TPSA) is 72.8 Å². The van der Waals surface area contributed by atoms with E-state index in [4.69, 9.17) is 10.2 Å². The molecule has 5 nitrogen and oxygen atoms in total. The standard InChI is InChI=1S/C13H26N2O3/c1-2-13(18)15-9-11(4-7-17)8-12(10-15)14-5-3-6-16/h11-12,14,16-17H,2-10H2,1H3. The van der Waals surface area contributed by atoms with Crippen molar-refractivity contribution < 1.29 is 15.0 Å². The van der Waals surface area contributed by atoms with Crippen molar-refractivity contribution >= 4 is 5.91 Å². The minimum atomic E-state index is 0.183. The Labute approximate surface area is 109 Å². The summed E-state index contributed by atoms with van der Waals surface area (Å²) in [7, 11) is 0. The van der Waals surface area contributed by atoms with Gasteiger partial charge < -0.3 is 20.4 Å². The van der Waals surface area contributed by atoms with Crippen molar-refractivity contribution in [3.8, 4) is 0 Å². The first-order valence-corrected chi connectivity index (χ1v) is 6.94. The summed E-state index contributed by atoms with van der Waals surface area (Å²) in [5.41, 5.74) is 0. The van der Waals surface area contributed by atoms with E-state index in [9.17, 15) is 4.79 Å². The number of aliphatic hydroxyl groups excluding tert-OH is 2. The van der Waals surface area contributed by atoms with E-state index in [1.54, 1.807) is 0 Å². The highest BCUT2D eigenvalue weighted by Crippen LogP contribution is 2.20. The maximum absolute atomic E-state index is 11.8. The molecule has 0 aliphatic carbocycles. The molecule has 1 aliphatic heterocycles. The van der Waals surface area contributed by atoms with Gasteiger partial charge in [-0.25, -0.2) is 0 Å². The lowest BCUT2D eigenvalue weighted by Crippen LogP contribution is -2.51. The van der Waals surface area contributed by atoms with Crippen molar-refractivity contribution in [3.63, 3.8) is 0 Å². The number of rotatable bonds is 7. The third-order valence-corrected chi connectivity index (χ3v) is 3.50. The summed E-state index contributed by atoms with van der Waals surface area (Å²) in [4.78, 5) is 13.7. The largest absolute Gasteiger partial charge is 0.396 e. The van der Waals surface area contributed by atoms with Gasteiger partial charge in [-0.15, -0.1) is 0 Å². The number of nitrogens with one attached hydrogen (secondary N) is 1. The molecule has 5 heteroatoms. The molecule has 1 aliphatic rings. The summed E-state index contributed by atoms with van der Waals surface area (Å²) < 4.78 is 0. The van der Waals surface area contributed by atoms with Crippen LogP contribution >= 0.6 is 0 Å². The average Bonchev–Trinajstić information content (AvgIpc) is 2.38. The smallest absolute Gasteiger partial charge is 0.222 e. The summed E-state index contributed by atoms with van der Waals surface area (Å²) in [5, 5.41) is 21.2. The van der Waals surface area contributed by atoms with Crippen LogP contribution in [0.15, 0.2) is 0 Å². The van der Waals surface area contributed by atoms with Gasteiger partial charge in [0.2, 0.25) is 5.91 Å². The Bertz CT molecular complexity index is 248. The van der Waals surface area contributed by atoms with Crippen molar-refractivity contribution in [1.82, 2.24) is 10.2 Å². The predicted octanol–water partition coefficient (Wildman–Crippen LogP) is -0.0321. The Kier molecular flexibility index (Phi) is 7.23. The van der Waals surface area contributed by atoms with Gasteiger partial charge in [-0.1, -0.05) is 6.92 Å². The summed E-state index contributed by atoms with van der Waals surface area (Å²) in [6.45, 7) is 4.55. The fraction of sp³-hybridized carbons (Fsp3) is 0.923. The highest BCUT2D eigenvalue weighted by atomic mass is 16.3. The summed E-state index contributed by atoms with van der Waals surface area (Å²) in [6, 6.07) is 0.289. The SMILES string of the molecule is CCC(=O)N1CC(CCO)CC(NCCCO)C1. The van der Waals surface area contributed by atoms with E-state index in [2.05, 4.69) is 5.32 Å². The van der Waals surface area contributed by atoms with Crippen molar-refractivity contribution in [2.75, 3.05) is 32.8 Å². The van der Waals surface area contributed by atoms with Crippen LogP contribution in [0.4, 0.5) is 0 Å². The Balaban J connectivity index is 2.48. The van der Waals surface area contributed by atoms with Crippen LogP contribution in [0, 0.1) is 5.92 Å². The predicted molar refractivity (Wildman–Crippen MR) is 70.2 cm³/mol. The fourth-order valence-corrected chi connectivity index (χ4v) is 2.56. The molecule has 106 valence electrons. The monoisotopic (exact) mass is 258 g/mol. The van der Waals surface area contributed by atoms with Crippen molar-refractivity contribution in [3.05, 3.63) is 0 Å². The van der Waals surface area contributed by atoms with Gasteiger partial charge in [0.15, 0.2) is 0 Å². The van der Waals surface area contributed by atoms with E-state index in [-0.39, 0.29) is 25.2 Å². The van der Waals surface area contributed by atoms with E-state index in [1.165, 1.54) is 0 Å². The van der Waals surface area contributed by atoms with Gasteiger partial charge in [0.1, 0.15) is 0 Å². The van der Waals surface area contributed by atoms with Crippen LogP contribution in [0.1, 0.15) is 32.6 Å². The number of amides is 1. The highest BCUT2D eigenvalue weighted by molar-refractivity contribution is 5.76. The first kappa shape index (κ1) is 15.4. The van der Waals surface area contributed by atoms with E-state index in [0.717, 1.165) is 38.9 Å². The van der Waals surface area contributed by atoms with Gasteiger partial charge in [-0.2, -0.15) is 0 Å². The molecule has 0 spiro atoms. The molecule has 0 radical (unpaired) electrons. The zero-order valence-electron chi connectivity index (χ0n) is 11.3. The molecule has 1 rings (SSSR count). The lowest BCUT2D eigenvalue weighted by Gasteiger charge is -2.38. The molecule has 0 bridgehead atoms. The minimum absolute atomic E-state index is 0.183. The number of nitrogens with zero attached hydrogens (tertiary/aromatic N) is 1. The highest BCUT2D eigenvalue weighted by Gasteiger charge is 2.28. The molecule has 2 atom stereocenters. The van der Waals surface area contributed by atoms with Crippen molar-refractivity contribution in [2.45, 2.75) is 38.6 Å². The average molecular weight is 258 g/mol. The molecule has 0 aromatic carbocycles. The number of likely N-dealkylation sites (tertiary alicyclic amines) is 1. The van der Waals surface area contributed by atoms with Crippen molar-refractivity contribution in [2.24, 2.45) is 5.92 Å². The summed E-state index contributed by atoms with van der Waals surface area (Å²) in [6.07, 6.45) is 3.03. The zero-order chi connectivity index (χ0) is 13.4. The minimum Gasteiger partial charge on any atom is -0.396 e. The fourth-order valence-electron chi connectivity index (χ4n) is 2.56. The van der Waals surface area contributed by atoms with Gasteiger partial charge in [0.25, 0.3) is 0 Å². The Morgan fingerprint density at radius 2 is 2.11 bits per heavy atom. The number of hydrogen-bond acceptors (Lipinski definition) is 4. The second-order valence-corrected chi connectivity index (χ2v) is 4.99. The zero-order valence-corrected chi connectivity index (χ0v) is 11.3. The third kappa shape index (κ3) is 4.92.